The Morgan fingerprint density at radius 1 is 1.20 bits per heavy atom. The number of nitrogens with one attached hydrogen (secondary N) is 1. The quantitative estimate of drug-likeness (QED) is 0.688. The van der Waals surface area contributed by atoms with Crippen molar-refractivity contribution in [3.8, 4) is 17.5 Å². The van der Waals surface area contributed by atoms with Crippen LogP contribution in [0.2, 0.25) is 5.02 Å². The maximum absolute atomic E-state index is 13.9. The highest BCUT2D eigenvalue weighted by Gasteiger charge is 2.15. The Bertz CT molecular complexity index is 865. The summed E-state index contributed by atoms with van der Waals surface area (Å²) in [5.74, 6) is -1.27. The van der Waals surface area contributed by atoms with Crippen molar-refractivity contribution in [2.45, 2.75) is 0 Å². The Hall–Kier alpha value is -2.45. The molecule has 6 heteroatoms. The second-order valence-corrected chi connectivity index (χ2v) is 4.55. The lowest BCUT2D eigenvalue weighted by Gasteiger charge is -2.01. The molecule has 2 aromatic carbocycles. The number of aromatic nitrogens is 2. The second kappa shape index (κ2) is 4.58. The number of imidazole rings is 1. The van der Waals surface area contributed by atoms with Gasteiger partial charge in [-0.25, -0.2) is 13.8 Å². The van der Waals surface area contributed by atoms with Gasteiger partial charge in [0.25, 0.3) is 0 Å². The minimum atomic E-state index is -0.732. The number of halogens is 3. The molecule has 3 rings (SSSR count). The smallest absolute Gasteiger partial charge is 0.142 e. The van der Waals surface area contributed by atoms with Gasteiger partial charge in [0.2, 0.25) is 0 Å². The summed E-state index contributed by atoms with van der Waals surface area (Å²) < 4.78 is 27.3. The van der Waals surface area contributed by atoms with E-state index in [1.54, 1.807) is 18.2 Å². The van der Waals surface area contributed by atoms with Crippen LogP contribution in [0.1, 0.15) is 5.56 Å². The van der Waals surface area contributed by atoms with E-state index in [1.165, 1.54) is 0 Å². The Balaban J connectivity index is 2.26. The molecular formula is C14H6ClF2N3. The molecule has 0 fully saturated rings. The second-order valence-electron chi connectivity index (χ2n) is 4.15. The van der Waals surface area contributed by atoms with E-state index in [4.69, 9.17) is 16.9 Å². The molecule has 98 valence electrons. The van der Waals surface area contributed by atoms with Gasteiger partial charge in [-0.15, -0.1) is 0 Å². The molecule has 0 saturated carbocycles. The first-order valence-electron chi connectivity index (χ1n) is 5.64. The molecule has 0 spiro atoms. The molecule has 3 nitrogen and oxygen atoms in total. The van der Waals surface area contributed by atoms with Crippen LogP contribution < -0.4 is 0 Å². The number of nitrogens with zero attached hydrogens (tertiary/aromatic N) is 2. The standard InChI is InChI=1S/C14H6ClF2N3/c15-9-5-10(16)8(4-11(9)17)14-19-12-3-1-2-7(6-18)13(12)20-14/h1-5H,(H,19,20). The molecule has 0 saturated heterocycles. The fourth-order valence-electron chi connectivity index (χ4n) is 1.95. The van der Waals surface area contributed by atoms with Crippen molar-refractivity contribution in [2.75, 3.05) is 0 Å². The molecule has 0 bridgehead atoms. The van der Waals surface area contributed by atoms with Crippen molar-refractivity contribution in [3.05, 3.63) is 52.6 Å². The fraction of sp³-hybridized carbons (Fsp3) is 0. The average Bonchev–Trinajstić information content (AvgIpc) is 2.86. The van der Waals surface area contributed by atoms with E-state index < -0.39 is 11.6 Å². The largest absolute Gasteiger partial charge is 0.338 e. The van der Waals surface area contributed by atoms with E-state index in [0.29, 0.717) is 16.6 Å². The molecule has 3 aromatic rings. The van der Waals surface area contributed by atoms with Crippen LogP contribution in [-0.4, -0.2) is 9.97 Å². The SMILES string of the molecule is N#Cc1cccc2[nH]c(-c3cc(F)c(Cl)cc3F)nc12. The van der Waals surface area contributed by atoms with Gasteiger partial charge in [0.15, 0.2) is 0 Å². The first kappa shape index (κ1) is 12.6. The Morgan fingerprint density at radius 3 is 2.75 bits per heavy atom. The van der Waals surface area contributed by atoms with Crippen LogP contribution in [-0.2, 0) is 0 Å². The van der Waals surface area contributed by atoms with E-state index in [0.717, 1.165) is 12.1 Å². The summed E-state index contributed by atoms with van der Waals surface area (Å²) in [6.07, 6.45) is 0. The normalized spacial score (nSPS) is 10.7. The zero-order valence-electron chi connectivity index (χ0n) is 9.92. The molecule has 1 N–H and O–H groups in total. The van der Waals surface area contributed by atoms with Gasteiger partial charge >= 0.3 is 0 Å². The number of H-pyrrole nitrogens is 1. The van der Waals surface area contributed by atoms with Crippen LogP contribution in [0.5, 0.6) is 0 Å². The Kier molecular flexibility index (Phi) is 2.88. The number of fused-ring (bicyclic) bond motifs is 1. The van der Waals surface area contributed by atoms with Crippen LogP contribution in [0.25, 0.3) is 22.4 Å². The first-order valence-corrected chi connectivity index (χ1v) is 6.01. The predicted molar refractivity (Wildman–Crippen MR) is 71.2 cm³/mol. The number of benzene rings is 2. The highest BCUT2D eigenvalue weighted by atomic mass is 35.5. The fourth-order valence-corrected chi connectivity index (χ4v) is 2.10. The van der Waals surface area contributed by atoms with Gasteiger partial charge in [-0.2, -0.15) is 5.26 Å². The first-order chi connectivity index (χ1) is 9.60. The van der Waals surface area contributed by atoms with Crippen molar-refractivity contribution in [1.29, 1.82) is 5.26 Å². The summed E-state index contributed by atoms with van der Waals surface area (Å²) in [6, 6.07) is 8.86. The van der Waals surface area contributed by atoms with Crippen LogP contribution >= 0.6 is 11.6 Å². The van der Waals surface area contributed by atoms with Crippen molar-refractivity contribution in [3.63, 3.8) is 0 Å². The van der Waals surface area contributed by atoms with Crippen molar-refractivity contribution >= 4 is 22.6 Å². The number of para-hydroxylation sites is 1. The number of aromatic amines is 1. The molecule has 0 radical (unpaired) electrons. The summed E-state index contributed by atoms with van der Waals surface area (Å²) in [6.45, 7) is 0. The molecular weight excluding hydrogens is 284 g/mol. The molecule has 0 aliphatic rings. The Labute approximate surface area is 117 Å². The van der Waals surface area contributed by atoms with E-state index in [2.05, 4.69) is 9.97 Å². The predicted octanol–water partition coefficient (Wildman–Crippen LogP) is 4.03. The molecule has 0 amide bonds. The van der Waals surface area contributed by atoms with Crippen molar-refractivity contribution in [2.24, 2.45) is 0 Å². The summed E-state index contributed by atoms with van der Waals surface area (Å²) in [7, 11) is 0. The van der Waals surface area contributed by atoms with E-state index in [1.807, 2.05) is 6.07 Å². The lowest BCUT2D eigenvalue weighted by Crippen LogP contribution is -1.89. The maximum Gasteiger partial charge on any atom is 0.142 e. The summed E-state index contributed by atoms with van der Waals surface area (Å²) >= 11 is 5.51. The van der Waals surface area contributed by atoms with Gasteiger partial charge in [-0.1, -0.05) is 17.7 Å². The minimum Gasteiger partial charge on any atom is -0.338 e. The third kappa shape index (κ3) is 1.91. The number of hydrogen-bond donors (Lipinski definition) is 1. The molecule has 20 heavy (non-hydrogen) atoms. The zero-order valence-corrected chi connectivity index (χ0v) is 10.7. The topological polar surface area (TPSA) is 52.5 Å². The van der Waals surface area contributed by atoms with Gasteiger partial charge in [-0.3, -0.25) is 0 Å². The van der Waals surface area contributed by atoms with Gasteiger partial charge in [-0.05, 0) is 24.3 Å². The summed E-state index contributed by atoms with van der Waals surface area (Å²) in [5, 5.41) is 8.70. The number of nitriles is 1. The van der Waals surface area contributed by atoms with Gasteiger partial charge in [0.05, 0.1) is 21.7 Å². The molecule has 0 atom stereocenters. The lowest BCUT2D eigenvalue weighted by molar-refractivity contribution is 0.602. The van der Waals surface area contributed by atoms with Crippen LogP contribution in [0, 0.1) is 23.0 Å². The van der Waals surface area contributed by atoms with E-state index in [-0.39, 0.29) is 16.4 Å². The highest BCUT2D eigenvalue weighted by Crippen LogP contribution is 2.28. The van der Waals surface area contributed by atoms with Crippen LogP contribution in [0.15, 0.2) is 30.3 Å². The zero-order chi connectivity index (χ0) is 14.3. The minimum absolute atomic E-state index is 0.0352. The lowest BCUT2D eigenvalue weighted by atomic mass is 10.2. The van der Waals surface area contributed by atoms with Crippen LogP contribution in [0.4, 0.5) is 8.78 Å². The van der Waals surface area contributed by atoms with Crippen molar-refractivity contribution < 1.29 is 8.78 Å². The number of rotatable bonds is 1. The van der Waals surface area contributed by atoms with E-state index >= 15 is 0 Å². The molecule has 0 aliphatic carbocycles. The Morgan fingerprint density at radius 2 is 2.00 bits per heavy atom. The third-order valence-corrected chi connectivity index (χ3v) is 3.19. The van der Waals surface area contributed by atoms with Gasteiger partial charge in [0, 0.05) is 0 Å². The third-order valence-electron chi connectivity index (χ3n) is 2.90. The highest BCUT2D eigenvalue weighted by molar-refractivity contribution is 6.30. The van der Waals surface area contributed by atoms with Gasteiger partial charge in [0.1, 0.15) is 29.0 Å². The molecule has 1 heterocycles. The molecule has 0 unspecified atom stereocenters. The molecule has 1 aromatic heterocycles. The van der Waals surface area contributed by atoms with Crippen LogP contribution in [0.3, 0.4) is 0 Å². The van der Waals surface area contributed by atoms with Crippen molar-refractivity contribution in [1.82, 2.24) is 9.97 Å². The van der Waals surface area contributed by atoms with E-state index in [9.17, 15) is 8.78 Å². The summed E-state index contributed by atoms with van der Waals surface area (Å²) in [4.78, 5) is 7.02. The molecule has 0 aliphatic heterocycles. The average molecular weight is 290 g/mol. The maximum atomic E-state index is 13.9. The number of hydrogen-bond acceptors (Lipinski definition) is 2. The monoisotopic (exact) mass is 289 g/mol. The van der Waals surface area contributed by atoms with Gasteiger partial charge < -0.3 is 4.98 Å². The summed E-state index contributed by atoms with van der Waals surface area (Å²) in [5.41, 5.74) is 1.32.